The van der Waals surface area contributed by atoms with Crippen LogP contribution in [0.1, 0.15) is 65.3 Å². The van der Waals surface area contributed by atoms with E-state index in [0.717, 1.165) is 96.5 Å². The van der Waals surface area contributed by atoms with Crippen molar-refractivity contribution in [3.8, 4) is 22.8 Å². The molecule has 7 heterocycles. The van der Waals surface area contributed by atoms with Crippen molar-refractivity contribution in [2.75, 3.05) is 49.9 Å². The van der Waals surface area contributed by atoms with E-state index in [4.69, 9.17) is 15.6 Å². The van der Waals surface area contributed by atoms with Gasteiger partial charge in [-0.1, -0.05) is 18.2 Å². The molecule has 0 spiro atoms. The van der Waals surface area contributed by atoms with E-state index in [1.165, 1.54) is 19.2 Å². The van der Waals surface area contributed by atoms with Gasteiger partial charge in [0.05, 0.1) is 22.6 Å². The van der Waals surface area contributed by atoms with Crippen LogP contribution in [0.3, 0.4) is 0 Å². The van der Waals surface area contributed by atoms with E-state index >= 15 is 0 Å². The fourth-order valence-corrected chi connectivity index (χ4v) is 10.8. The van der Waals surface area contributed by atoms with Gasteiger partial charge < -0.3 is 30.7 Å². The minimum Gasteiger partial charge on any atom is -0.457 e. The maximum atomic E-state index is 13.4. The number of nitrogens with one attached hydrogen (secondary N) is 1. The summed E-state index contributed by atoms with van der Waals surface area (Å²) in [4.78, 5) is 56.9. The molecule has 308 valence electrons. The summed E-state index contributed by atoms with van der Waals surface area (Å²) in [5, 5.41) is 18.2. The minimum absolute atomic E-state index is 0.224. The lowest BCUT2D eigenvalue weighted by Gasteiger charge is -2.46. The Morgan fingerprint density at radius 2 is 1.45 bits per heavy atom. The number of benzene rings is 3. The Hall–Kier alpha value is -5.90. The molecule has 5 aliphatic heterocycles. The Morgan fingerprint density at radius 1 is 0.733 bits per heavy atom. The zero-order chi connectivity index (χ0) is 40.6. The molecule has 4 saturated heterocycles. The number of aliphatic hydroxyl groups is 1. The van der Waals surface area contributed by atoms with Crippen molar-refractivity contribution in [3.63, 3.8) is 0 Å². The Bertz CT molecular complexity index is 2470. The first-order valence-electron chi connectivity index (χ1n) is 21.3. The smallest absolute Gasteiger partial charge is 0.262 e. The van der Waals surface area contributed by atoms with Crippen molar-refractivity contribution in [1.29, 1.82) is 0 Å². The molecule has 5 aromatic rings. The van der Waals surface area contributed by atoms with Gasteiger partial charge in [-0.05, 0) is 105 Å². The van der Waals surface area contributed by atoms with E-state index in [9.17, 15) is 19.5 Å². The number of hydrogen-bond acceptors (Lipinski definition) is 12. The molecule has 5 fully saturated rings. The fraction of sp³-hybridized carbons (Fsp3) is 0.422. The molecule has 0 bridgehead atoms. The number of ether oxygens (including phenoxy) is 1. The molecule has 3 amide bonds. The average Bonchev–Trinajstić information content (AvgIpc) is 3.99. The number of piperidine rings is 2. The molecule has 15 heteroatoms. The number of fused-ring (bicyclic) bond motifs is 3. The van der Waals surface area contributed by atoms with Gasteiger partial charge in [0.15, 0.2) is 5.65 Å². The van der Waals surface area contributed by atoms with Gasteiger partial charge in [-0.3, -0.25) is 24.2 Å². The van der Waals surface area contributed by atoms with Gasteiger partial charge in [0.1, 0.15) is 41.6 Å². The van der Waals surface area contributed by atoms with Crippen molar-refractivity contribution in [2.24, 2.45) is 11.8 Å². The van der Waals surface area contributed by atoms with Crippen molar-refractivity contribution >= 4 is 40.3 Å². The number of likely N-dealkylation sites (tertiary alicyclic amines) is 2. The SMILES string of the molecule is Nc1ncnc2c1c(-c1ccc(Oc3ccccc3)cc1)nn2C1CCN(C2C[C@@H]3CN(C4CN(c5ccc6c(c5)C(=O)N(C5CCC(O)NC5=O)C6=O)C4)C[C@@H]3C2)CC1. The molecule has 4 N–H and O–H groups in total. The number of nitrogen functional groups attached to an aromatic ring is 1. The van der Waals surface area contributed by atoms with E-state index in [1.807, 2.05) is 66.7 Å². The third kappa shape index (κ3) is 6.37. The number of nitrogens with zero attached hydrogens (tertiary/aromatic N) is 8. The number of anilines is 2. The number of aliphatic hydroxyl groups excluding tert-OH is 1. The van der Waals surface area contributed by atoms with Gasteiger partial charge in [0.2, 0.25) is 5.91 Å². The molecule has 3 aromatic carbocycles. The van der Waals surface area contributed by atoms with Crippen LogP contribution < -0.4 is 20.7 Å². The van der Waals surface area contributed by atoms with Crippen LogP contribution in [0.5, 0.6) is 11.5 Å². The Kier molecular flexibility index (Phi) is 9.08. The molecule has 15 nitrogen and oxygen atoms in total. The van der Waals surface area contributed by atoms with Crippen molar-refractivity contribution in [3.05, 3.63) is 90.3 Å². The Balaban J connectivity index is 0.685. The van der Waals surface area contributed by atoms with Gasteiger partial charge >= 0.3 is 0 Å². The Labute approximate surface area is 347 Å². The molecule has 3 unspecified atom stereocenters. The van der Waals surface area contributed by atoms with Gasteiger partial charge in [-0.2, -0.15) is 5.10 Å². The number of amides is 3. The van der Waals surface area contributed by atoms with Gasteiger partial charge in [0, 0.05) is 62.6 Å². The second-order valence-corrected chi connectivity index (χ2v) is 17.4. The summed E-state index contributed by atoms with van der Waals surface area (Å²) in [6, 6.07) is 23.5. The number of carbonyl (C=O) groups is 3. The van der Waals surface area contributed by atoms with Crippen molar-refractivity contribution in [2.45, 2.75) is 68.9 Å². The van der Waals surface area contributed by atoms with E-state index in [1.54, 1.807) is 6.07 Å². The standard InChI is InChI=1S/C45H48N10O5/c46-41-39-40(26-6-9-34(10-7-26)60-33-4-2-1-3-5-33)50-55(42(39)48-25-47-41)29-14-16-51(17-15-29)31-18-27-21-52(22-28(27)19-31)32-23-53(24-32)30-8-11-35-36(20-30)45(59)54(44(35)58)37-12-13-38(56)49-43(37)57/h1-11,20,25,27-29,31-32,37-38,56H,12-19,21-24H2,(H,49,57)(H2,46,47,48)/t27-,28+,31?,37?,38?. The van der Waals surface area contributed by atoms with E-state index in [0.29, 0.717) is 47.3 Å². The Morgan fingerprint density at radius 3 is 2.18 bits per heavy atom. The van der Waals surface area contributed by atoms with Crippen LogP contribution in [0.15, 0.2) is 79.1 Å². The monoisotopic (exact) mass is 808 g/mol. The van der Waals surface area contributed by atoms with Crippen LogP contribution >= 0.6 is 0 Å². The number of para-hydroxylation sites is 1. The molecule has 0 radical (unpaired) electrons. The minimum atomic E-state index is -0.948. The third-order valence-corrected chi connectivity index (χ3v) is 14.0. The molecule has 1 saturated carbocycles. The first-order chi connectivity index (χ1) is 29.3. The summed E-state index contributed by atoms with van der Waals surface area (Å²) in [7, 11) is 0. The lowest BCUT2D eigenvalue weighted by molar-refractivity contribution is -0.131. The zero-order valence-electron chi connectivity index (χ0n) is 33.3. The first kappa shape index (κ1) is 37.1. The molecular weight excluding hydrogens is 761 g/mol. The van der Waals surface area contributed by atoms with E-state index in [-0.39, 0.29) is 12.5 Å². The molecule has 60 heavy (non-hydrogen) atoms. The number of imide groups is 1. The molecule has 5 atom stereocenters. The van der Waals surface area contributed by atoms with Crippen LogP contribution in [0.25, 0.3) is 22.3 Å². The number of rotatable bonds is 8. The summed E-state index contributed by atoms with van der Waals surface area (Å²) in [5.41, 5.74) is 10.6. The number of hydrogen-bond donors (Lipinski definition) is 3. The normalized spacial score (nSPS) is 26.4. The van der Waals surface area contributed by atoms with Crippen LogP contribution in [-0.2, 0) is 4.79 Å². The molecule has 11 rings (SSSR count). The van der Waals surface area contributed by atoms with E-state index in [2.05, 4.69) is 34.7 Å². The second kappa shape index (κ2) is 14.7. The highest BCUT2D eigenvalue weighted by atomic mass is 16.5. The third-order valence-electron chi connectivity index (χ3n) is 14.0. The summed E-state index contributed by atoms with van der Waals surface area (Å²) in [5.74, 6) is 2.00. The summed E-state index contributed by atoms with van der Waals surface area (Å²) in [6.07, 6.45) is 5.60. The van der Waals surface area contributed by atoms with Crippen LogP contribution in [-0.4, -0.2) is 121 Å². The second-order valence-electron chi connectivity index (χ2n) is 17.4. The average molecular weight is 809 g/mol. The van der Waals surface area contributed by atoms with Gasteiger partial charge in [0.25, 0.3) is 11.8 Å². The largest absolute Gasteiger partial charge is 0.457 e. The van der Waals surface area contributed by atoms with Crippen LogP contribution in [0, 0.1) is 11.8 Å². The predicted octanol–water partition coefficient (Wildman–Crippen LogP) is 4.30. The lowest BCUT2D eigenvalue weighted by atomic mass is 10.0. The van der Waals surface area contributed by atoms with Crippen LogP contribution in [0.2, 0.25) is 0 Å². The zero-order valence-corrected chi connectivity index (χ0v) is 33.3. The quantitative estimate of drug-likeness (QED) is 0.190. The molecule has 6 aliphatic rings. The van der Waals surface area contributed by atoms with Crippen molar-refractivity contribution in [1.82, 2.24) is 39.8 Å². The van der Waals surface area contributed by atoms with Crippen LogP contribution in [0.4, 0.5) is 11.5 Å². The lowest BCUT2D eigenvalue weighted by Crippen LogP contribution is -2.59. The number of aromatic nitrogens is 4. The summed E-state index contributed by atoms with van der Waals surface area (Å²) >= 11 is 0. The number of nitrogens with two attached hydrogens (primary N) is 1. The summed E-state index contributed by atoms with van der Waals surface area (Å²) in [6.45, 7) is 6.09. The van der Waals surface area contributed by atoms with Gasteiger partial charge in [-0.15, -0.1) is 0 Å². The fourth-order valence-electron chi connectivity index (χ4n) is 10.8. The predicted molar refractivity (Wildman–Crippen MR) is 223 cm³/mol. The highest BCUT2D eigenvalue weighted by Crippen LogP contribution is 2.44. The first-order valence-corrected chi connectivity index (χ1v) is 21.3. The molecular formula is C45H48N10O5. The molecule has 1 aliphatic carbocycles. The van der Waals surface area contributed by atoms with Crippen molar-refractivity contribution < 1.29 is 24.2 Å². The highest BCUT2D eigenvalue weighted by Gasteiger charge is 2.48. The number of carbonyl (C=O) groups excluding carboxylic acids is 3. The maximum Gasteiger partial charge on any atom is 0.262 e. The topological polar surface area (TPSA) is 175 Å². The van der Waals surface area contributed by atoms with E-state index < -0.39 is 30.0 Å². The maximum absolute atomic E-state index is 13.4. The molecule has 2 aromatic heterocycles. The summed E-state index contributed by atoms with van der Waals surface area (Å²) < 4.78 is 8.12. The van der Waals surface area contributed by atoms with Gasteiger partial charge in [-0.25, -0.2) is 14.6 Å². The highest BCUT2D eigenvalue weighted by molar-refractivity contribution is 6.23.